The molecule has 0 fully saturated rings. The third kappa shape index (κ3) is 5.41. The highest BCUT2D eigenvalue weighted by molar-refractivity contribution is 6.02. The number of anilines is 1. The third-order valence-electron chi connectivity index (χ3n) is 6.54. The number of aryl methyl sites for hydroxylation is 3. The van der Waals surface area contributed by atoms with Crippen LogP contribution in [0, 0.1) is 13.8 Å². The van der Waals surface area contributed by atoms with Crippen LogP contribution >= 0.6 is 0 Å². The number of hydrogen-bond acceptors (Lipinski definition) is 6. The topological polar surface area (TPSA) is 80.5 Å². The minimum atomic E-state index is -1.18. The van der Waals surface area contributed by atoms with Gasteiger partial charge >= 0.3 is 0 Å². The second-order valence-electron chi connectivity index (χ2n) is 9.49. The number of nitrogens with one attached hydrogen (secondary N) is 1. The molecule has 1 aliphatic rings. The molecule has 2 aromatic carbocycles. The quantitative estimate of drug-likeness (QED) is 0.430. The smallest absolute Gasteiger partial charge is 0.246 e. The molecule has 36 heavy (non-hydrogen) atoms. The van der Waals surface area contributed by atoms with Crippen molar-refractivity contribution < 1.29 is 14.1 Å². The predicted molar refractivity (Wildman–Crippen MR) is 141 cm³/mol. The lowest BCUT2D eigenvalue weighted by Crippen LogP contribution is -2.39. The molecule has 1 aromatic heterocycles. The normalized spacial score (nSPS) is 19.0. The number of benzene rings is 2. The van der Waals surface area contributed by atoms with Gasteiger partial charge in [0.2, 0.25) is 11.8 Å². The van der Waals surface area contributed by atoms with Crippen LogP contribution in [0.1, 0.15) is 40.7 Å². The molecule has 3 aromatic rings. The van der Waals surface area contributed by atoms with Crippen molar-refractivity contribution in [2.45, 2.75) is 38.0 Å². The Morgan fingerprint density at radius 1 is 1.14 bits per heavy atom. The fraction of sp³-hybridized carbons (Fsp3) is 0.345. The van der Waals surface area contributed by atoms with Crippen LogP contribution in [0.3, 0.4) is 0 Å². The van der Waals surface area contributed by atoms with Crippen LogP contribution in [-0.4, -0.2) is 48.7 Å². The predicted octanol–water partition coefficient (Wildman–Crippen LogP) is 4.98. The number of rotatable bonds is 9. The van der Waals surface area contributed by atoms with Crippen molar-refractivity contribution in [3.05, 3.63) is 95.2 Å². The van der Waals surface area contributed by atoms with E-state index >= 15 is 0 Å². The summed E-state index contributed by atoms with van der Waals surface area (Å²) in [5, 5.41) is 7.21. The summed E-state index contributed by atoms with van der Waals surface area (Å²) in [6.45, 7) is 4.78. The van der Waals surface area contributed by atoms with Gasteiger partial charge in [0.25, 0.3) is 0 Å². The minimum absolute atomic E-state index is 0.0596. The molecule has 0 atom stereocenters. The van der Waals surface area contributed by atoms with Crippen LogP contribution < -0.4 is 10.1 Å². The number of hydrogen-bond donors (Lipinski definition) is 1. The van der Waals surface area contributed by atoms with Crippen molar-refractivity contribution in [2.75, 3.05) is 33.1 Å². The van der Waals surface area contributed by atoms with E-state index in [0.717, 1.165) is 30.7 Å². The van der Waals surface area contributed by atoms with Gasteiger partial charge in [-0.2, -0.15) is 4.98 Å². The Balaban J connectivity index is 1.62. The summed E-state index contributed by atoms with van der Waals surface area (Å²) in [4.78, 5) is 20.4. The molecule has 0 saturated carbocycles. The van der Waals surface area contributed by atoms with E-state index in [-0.39, 0.29) is 11.8 Å². The first-order chi connectivity index (χ1) is 17.3. The number of ether oxygens (including phenoxy) is 1. The Morgan fingerprint density at radius 3 is 2.53 bits per heavy atom. The van der Waals surface area contributed by atoms with Crippen molar-refractivity contribution in [1.82, 2.24) is 15.0 Å². The molecule has 1 heterocycles. The SMILES string of the molecule is COc1ccc(NC(=O)C2(c3noc(C)n3)C=CC(c3ccccc3C)C=C2)cc1CCCN(C)C. The van der Waals surface area contributed by atoms with E-state index in [1.54, 1.807) is 14.0 Å². The molecule has 7 heteroatoms. The largest absolute Gasteiger partial charge is 0.496 e. The Kier molecular flexibility index (Phi) is 7.70. The fourth-order valence-electron chi connectivity index (χ4n) is 4.54. The lowest BCUT2D eigenvalue weighted by Gasteiger charge is -2.27. The molecule has 0 aliphatic heterocycles. The average Bonchev–Trinajstić information content (AvgIpc) is 3.31. The molecule has 0 bridgehead atoms. The van der Waals surface area contributed by atoms with Gasteiger partial charge < -0.3 is 19.5 Å². The first kappa shape index (κ1) is 25.4. The van der Waals surface area contributed by atoms with Crippen molar-refractivity contribution >= 4 is 11.6 Å². The van der Waals surface area contributed by atoms with Crippen molar-refractivity contribution in [1.29, 1.82) is 0 Å². The van der Waals surface area contributed by atoms with Crippen molar-refractivity contribution in [3.8, 4) is 5.75 Å². The van der Waals surface area contributed by atoms with Crippen molar-refractivity contribution in [3.63, 3.8) is 0 Å². The van der Waals surface area contributed by atoms with E-state index in [1.807, 2.05) is 54.6 Å². The van der Waals surface area contributed by atoms with Crippen LogP contribution in [0.5, 0.6) is 5.75 Å². The average molecular weight is 487 g/mol. The van der Waals surface area contributed by atoms with Gasteiger partial charge in [0.15, 0.2) is 5.82 Å². The zero-order valence-electron chi connectivity index (χ0n) is 21.6. The Bertz CT molecular complexity index is 1260. The van der Waals surface area contributed by atoms with Crippen LogP contribution in [0.15, 0.2) is 71.3 Å². The monoisotopic (exact) mass is 486 g/mol. The van der Waals surface area contributed by atoms with Crippen LogP contribution in [0.25, 0.3) is 0 Å². The van der Waals surface area contributed by atoms with E-state index in [4.69, 9.17) is 9.26 Å². The molecule has 1 aliphatic carbocycles. The molecule has 0 saturated heterocycles. The third-order valence-corrected chi connectivity index (χ3v) is 6.54. The van der Waals surface area contributed by atoms with Gasteiger partial charge in [0.05, 0.1) is 7.11 Å². The minimum Gasteiger partial charge on any atom is -0.496 e. The molecule has 0 radical (unpaired) electrons. The Hall–Kier alpha value is -3.71. The number of nitrogens with zero attached hydrogens (tertiary/aromatic N) is 3. The number of amides is 1. The van der Waals surface area contributed by atoms with E-state index in [2.05, 4.69) is 53.5 Å². The standard InChI is InChI=1S/C29H34N4O3/c1-20-9-6-7-11-25(20)22-14-16-29(17-15-22,27-30-21(2)36-32-27)28(34)31-24-12-13-26(35-5)23(19-24)10-8-18-33(3)4/h6-7,9,11-17,19,22H,8,10,18H2,1-5H3,(H,31,34). The first-order valence-corrected chi connectivity index (χ1v) is 12.2. The van der Waals surface area contributed by atoms with Crippen LogP contribution in [-0.2, 0) is 16.6 Å². The highest BCUT2D eigenvalue weighted by Gasteiger charge is 2.42. The summed E-state index contributed by atoms with van der Waals surface area (Å²) < 4.78 is 10.8. The summed E-state index contributed by atoms with van der Waals surface area (Å²) in [6, 6.07) is 14.0. The van der Waals surface area contributed by atoms with Crippen molar-refractivity contribution in [2.24, 2.45) is 0 Å². The van der Waals surface area contributed by atoms with Gasteiger partial charge in [0.1, 0.15) is 11.2 Å². The van der Waals surface area contributed by atoms with E-state index < -0.39 is 5.41 Å². The maximum Gasteiger partial charge on any atom is 0.246 e. The van der Waals surface area contributed by atoms with Gasteiger partial charge in [-0.1, -0.05) is 53.7 Å². The van der Waals surface area contributed by atoms with Gasteiger partial charge in [-0.05, 0) is 75.3 Å². The molecule has 1 amide bonds. The number of allylic oxidation sites excluding steroid dienone is 2. The number of carbonyl (C=O) groups is 1. The molecule has 0 spiro atoms. The van der Waals surface area contributed by atoms with E-state index in [9.17, 15) is 4.79 Å². The molecular formula is C29H34N4O3. The maximum absolute atomic E-state index is 13.8. The number of methoxy groups -OCH3 is 1. The summed E-state index contributed by atoms with van der Waals surface area (Å²) in [6.07, 6.45) is 9.66. The Morgan fingerprint density at radius 2 is 1.89 bits per heavy atom. The van der Waals surface area contributed by atoms with Gasteiger partial charge in [-0.15, -0.1) is 0 Å². The maximum atomic E-state index is 13.8. The summed E-state index contributed by atoms with van der Waals surface area (Å²) in [7, 11) is 5.78. The van der Waals surface area contributed by atoms with E-state index in [0.29, 0.717) is 17.4 Å². The number of aromatic nitrogens is 2. The van der Waals surface area contributed by atoms with Gasteiger partial charge in [-0.3, -0.25) is 4.79 Å². The Labute approximate surface area is 212 Å². The summed E-state index contributed by atoms with van der Waals surface area (Å²) >= 11 is 0. The zero-order valence-corrected chi connectivity index (χ0v) is 21.6. The molecule has 7 nitrogen and oxygen atoms in total. The molecule has 1 N–H and O–H groups in total. The number of carbonyl (C=O) groups excluding carboxylic acids is 1. The van der Waals surface area contributed by atoms with E-state index in [1.165, 1.54) is 11.1 Å². The lowest BCUT2D eigenvalue weighted by atomic mass is 9.77. The second-order valence-corrected chi connectivity index (χ2v) is 9.49. The lowest BCUT2D eigenvalue weighted by molar-refractivity contribution is -0.118. The molecular weight excluding hydrogens is 452 g/mol. The summed E-state index contributed by atoms with van der Waals surface area (Å²) in [5.41, 5.74) is 2.96. The molecule has 0 unspecified atom stereocenters. The van der Waals surface area contributed by atoms with Gasteiger partial charge in [0, 0.05) is 18.5 Å². The van der Waals surface area contributed by atoms with Crippen LogP contribution in [0.2, 0.25) is 0 Å². The van der Waals surface area contributed by atoms with Crippen LogP contribution in [0.4, 0.5) is 5.69 Å². The summed E-state index contributed by atoms with van der Waals surface area (Å²) in [5.74, 6) is 1.35. The first-order valence-electron chi connectivity index (χ1n) is 12.2. The van der Waals surface area contributed by atoms with Gasteiger partial charge in [-0.25, -0.2) is 0 Å². The zero-order chi connectivity index (χ0) is 25.7. The highest BCUT2D eigenvalue weighted by Crippen LogP contribution is 2.36. The highest BCUT2D eigenvalue weighted by atomic mass is 16.5. The fourth-order valence-corrected chi connectivity index (χ4v) is 4.54. The molecule has 4 rings (SSSR count). The second kappa shape index (κ2) is 10.9. The molecule has 188 valence electrons.